The Labute approximate surface area is 165 Å². The van der Waals surface area contributed by atoms with E-state index < -0.39 is 0 Å². The zero-order chi connectivity index (χ0) is 18.9. The Bertz CT molecular complexity index is 872. The van der Waals surface area contributed by atoms with Crippen molar-refractivity contribution in [2.75, 3.05) is 11.4 Å². The van der Waals surface area contributed by atoms with Gasteiger partial charge in [0.15, 0.2) is 0 Å². The Balaban J connectivity index is 2.02. The summed E-state index contributed by atoms with van der Waals surface area (Å²) in [5, 5.41) is 9.61. The predicted molar refractivity (Wildman–Crippen MR) is 114 cm³/mol. The number of rotatable bonds is 3. The van der Waals surface area contributed by atoms with E-state index in [0.717, 1.165) is 28.6 Å². The second-order valence-electron chi connectivity index (χ2n) is 7.66. The van der Waals surface area contributed by atoms with Gasteiger partial charge in [-0.15, -0.1) is 0 Å². The number of halogens is 1. The van der Waals surface area contributed by atoms with Gasteiger partial charge in [-0.2, -0.15) is 5.26 Å². The van der Waals surface area contributed by atoms with E-state index in [1.54, 1.807) is 0 Å². The number of anilines is 1. The number of nitriles is 1. The maximum atomic E-state index is 9.61. The molecule has 2 aromatic rings. The minimum absolute atomic E-state index is 0.174. The SMILES string of the molecule is CCN1c2ccc(/C=C(/C#N)c3ccc(Br)cc3)cc2C(C)CC1(C)C. The maximum absolute atomic E-state index is 9.61. The van der Waals surface area contributed by atoms with Crippen molar-refractivity contribution in [3.05, 3.63) is 63.6 Å². The van der Waals surface area contributed by atoms with Crippen LogP contribution in [0.15, 0.2) is 46.9 Å². The summed E-state index contributed by atoms with van der Waals surface area (Å²) < 4.78 is 1.02. The Morgan fingerprint density at radius 1 is 1.27 bits per heavy atom. The van der Waals surface area contributed by atoms with Crippen molar-refractivity contribution >= 4 is 33.3 Å². The predicted octanol–water partition coefficient (Wildman–Crippen LogP) is 6.63. The van der Waals surface area contributed by atoms with Gasteiger partial charge in [-0.05, 0) is 80.1 Å². The van der Waals surface area contributed by atoms with Crippen molar-refractivity contribution in [3.63, 3.8) is 0 Å². The summed E-state index contributed by atoms with van der Waals surface area (Å²) in [6, 6.07) is 16.8. The number of allylic oxidation sites excluding steroid dienone is 1. The summed E-state index contributed by atoms with van der Waals surface area (Å²) in [5.41, 5.74) is 5.61. The standard InChI is InChI=1S/C23H25BrN2/c1-5-26-22-11-6-17(13-21(22)16(2)14-23(26,3)4)12-19(15-25)18-7-9-20(24)10-8-18/h6-13,16H,5,14H2,1-4H3/b19-12-. The van der Waals surface area contributed by atoms with E-state index in [4.69, 9.17) is 0 Å². The average Bonchev–Trinajstić information content (AvgIpc) is 2.60. The molecule has 26 heavy (non-hydrogen) atoms. The van der Waals surface area contributed by atoms with Gasteiger partial charge in [-0.3, -0.25) is 0 Å². The van der Waals surface area contributed by atoms with Gasteiger partial charge in [-0.25, -0.2) is 0 Å². The molecule has 2 aromatic carbocycles. The van der Waals surface area contributed by atoms with Crippen LogP contribution in [0.4, 0.5) is 5.69 Å². The molecular formula is C23H25BrN2. The molecule has 0 N–H and O–H groups in total. The van der Waals surface area contributed by atoms with Crippen molar-refractivity contribution in [2.24, 2.45) is 0 Å². The number of hydrogen-bond donors (Lipinski definition) is 0. The highest BCUT2D eigenvalue weighted by Crippen LogP contribution is 2.43. The minimum Gasteiger partial charge on any atom is -0.366 e. The molecule has 3 rings (SSSR count). The molecule has 1 heterocycles. The van der Waals surface area contributed by atoms with Gasteiger partial charge in [0, 0.05) is 22.2 Å². The third kappa shape index (κ3) is 3.57. The maximum Gasteiger partial charge on any atom is 0.0998 e. The Morgan fingerprint density at radius 2 is 1.96 bits per heavy atom. The molecule has 0 spiro atoms. The third-order valence-corrected chi connectivity index (χ3v) is 5.84. The van der Waals surface area contributed by atoms with Gasteiger partial charge < -0.3 is 4.90 Å². The van der Waals surface area contributed by atoms with Crippen LogP contribution >= 0.6 is 15.9 Å². The topological polar surface area (TPSA) is 27.0 Å². The molecular weight excluding hydrogens is 384 g/mol. The molecule has 0 amide bonds. The number of benzene rings is 2. The van der Waals surface area contributed by atoms with E-state index in [0.29, 0.717) is 11.5 Å². The van der Waals surface area contributed by atoms with Crippen molar-refractivity contribution in [1.82, 2.24) is 0 Å². The monoisotopic (exact) mass is 408 g/mol. The zero-order valence-corrected chi connectivity index (χ0v) is 17.5. The first kappa shape index (κ1) is 18.7. The molecule has 0 aromatic heterocycles. The molecule has 0 radical (unpaired) electrons. The van der Waals surface area contributed by atoms with Crippen LogP contribution in [0.3, 0.4) is 0 Å². The minimum atomic E-state index is 0.174. The van der Waals surface area contributed by atoms with Crippen LogP contribution in [-0.4, -0.2) is 12.1 Å². The summed E-state index contributed by atoms with van der Waals surface area (Å²) in [6.45, 7) is 10.2. The molecule has 134 valence electrons. The molecule has 0 saturated heterocycles. The second kappa shape index (κ2) is 7.29. The van der Waals surface area contributed by atoms with Crippen molar-refractivity contribution < 1.29 is 0 Å². The molecule has 1 atom stereocenters. The van der Waals surface area contributed by atoms with Crippen molar-refractivity contribution in [2.45, 2.75) is 45.6 Å². The lowest BCUT2D eigenvalue weighted by atomic mass is 9.79. The fourth-order valence-electron chi connectivity index (χ4n) is 4.17. The van der Waals surface area contributed by atoms with Crippen LogP contribution in [0.1, 0.15) is 56.7 Å². The third-order valence-electron chi connectivity index (χ3n) is 5.31. The first-order chi connectivity index (χ1) is 12.4. The molecule has 0 saturated carbocycles. The van der Waals surface area contributed by atoms with E-state index in [1.165, 1.54) is 11.3 Å². The molecule has 2 nitrogen and oxygen atoms in total. The highest BCUT2D eigenvalue weighted by Gasteiger charge is 2.35. The van der Waals surface area contributed by atoms with Gasteiger partial charge in [0.05, 0.1) is 11.6 Å². The van der Waals surface area contributed by atoms with Gasteiger partial charge in [0.25, 0.3) is 0 Å². The van der Waals surface area contributed by atoms with Crippen LogP contribution in [-0.2, 0) is 0 Å². The zero-order valence-electron chi connectivity index (χ0n) is 15.9. The fourth-order valence-corrected chi connectivity index (χ4v) is 4.44. The quantitative estimate of drug-likeness (QED) is 0.421. The molecule has 3 heteroatoms. The fraction of sp³-hybridized carbons (Fsp3) is 0.348. The summed E-state index contributed by atoms with van der Waals surface area (Å²) in [4.78, 5) is 2.50. The Kier molecular flexibility index (Phi) is 5.25. The van der Waals surface area contributed by atoms with Crippen LogP contribution in [0.5, 0.6) is 0 Å². The highest BCUT2D eigenvalue weighted by atomic mass is 79.9. The number of fused-ring (bicyclic) bond motifs is 1. The molecule has 0 aliphatic carbocycles. The van der Waals surface area contributed by atoms with Gasteiger partial charge in [-0.1, -0.05) is 41.1 Å². The van der Waals surface area contributed by atoms with E-state index >= 15 is 0 Å². The van der Waals surface area contributed by atoms with Gasteiger partial charge >= 0.3 is 0 Å². The van der Waals surface area contributed by atoms with Crippen LogP contribution in [0, 0.1) is 11.3 Å². The lowest BCUT2D eigenvalue weighted by molar-refractivity contribution is 0.381. The van der Waals surface area contributed by atoms with Crippen LogP contribution in [0.25, 0.3) is 11.6 Å². The van der Waals surface area contributed by atoms with Crippen LogP contribution in [0.2, 0.25) is 0 Å². The van der Waals surface area contributed by atoms with Crippen molar-refractivity contribution in [1.29, 1.82) is 5.26 Å². The summed E-state index contributed by atoms with van der Waals surface area (Å²) in [7, 11) is 0. The van der Waals surface area contributed by atoms with Gasteiger partial charge in [0.2, 0.25) is 0 Å². The first-order valence-electron chi connectivity index (χ1n) is 9.15. The molecule has 0 bridgehead atoms. The normalized spacial score (nSPS) is 19.0. The smallest absolute Gasteiger partial charge is 0.0998 e. The second-order valence-corrected chi connectivity index (χ2v) is 8.57. The van der Waals surface area contributed by atoms with Gasteiger partial charge in [0.1, 0.15) is 0 Å². The summed E-state index contributed by atoms with van der Waals surface area (Å²) >= 11 is 3.45. The molecule has 0 fully saturated rings. The Hall–Kier alpha value is -2.05. The van der Waals surface area contributed by atoms with E-state index in [9.17, 15) is 5.26 Å². The number of hydrogen-bond acceptors (Lipinski definition) is 2. The molecule has 1 aliphatic heterocycles. The molecule has 1 aliphatic rings. The molecule has 1 unspecified atom stereocenters. The number of nitrogens with zero attached hydrogens (tertiary/aromatic N) is 2. The largest absolute Gasteiger partial charge is 0.366 e. The average molecular weight is 409 g/mol. The summed E-state index contributed by atoms with van der Waals surface area (Å²) in [5.74, 6) is 0.509. The lowest BCUT2D eigenvalue weighted by Gasteiger charge is -2.47. The van der Waals surface area contributed by atoms with E-state index in [1.807, 2.05) is 30.3 Å². The van der Waals surface area contributed by atoms with E-state index in [-0.39, 0.29) is 5.54 Å². The summed E-state index contributed by atoms with van der Waals surface area (Å²) in [6.07, 6.45) is 3.13. The Morgan fingerprint density at radius 3 is 2.58 bits per heavy atom. The van der Waals surface area contributed by atoms with Crippen LogP contribution < -0.4 is 4.90 Å². The van der Waals surface area contributed by atoms with E-state index in [2.05, 4.69) is 72.8 Å². The van der Waals surface area contributed by atoms with Crippen molar-refractivity contribution in [3.8, 4) is 6.07 Å². The first-order valence-corrected chi connectivity index (χ1v) is 9.94. The highest BCUT2D eigenvalue weighted by molar-refractivity contribution is 9.10. The lowest BCUT2D eigenvalue weighted by Crippen LogP contribution is -2.48.